The second-order valence-electron chi connectivity index (χ2n) is 6.00. The maximum absolute atomic E-state index is 14.4. The number of nitrogens with zero attached hydrogens (tertiary/aromatic N) is 4. The van der Waals surface area contributed by atoms with Gasteiger partial charge in [0.1, 0.15) is 24.7 Å². The molecule has 3 aromatic rings. The number of aromatic nitrogens is 4. The number of benzene rings is 1. The first-order chi connectivity index (χ1) is 13.0. The van der Waals surface area contributed by atoms with Crippen molar-refractivity contribution in [3.63, 3.8) is 0 Å². The van der Waals surface area contributed by atoms with Crippen molar-refractivity contribution in [2.24, 2.45) is 0 Å². The fourth-order valence-corrected chi connectivity index (χ4v) is 3.05. The molecule has 1 aromatic carbocycles. The number of carbonyl (C=O) groups excluding carboxylic acids is 1. The lowest BCUT2D eigenvalue weighted by molar-refractivity contribution is -0.104. The number of halogens is 3. The predicted molar refractivity (Wildman–Crippen MR) is 90.5 cm³/mol. The standard InChI is InChI=1S/C17H13ClF2N4O3/c18-14-13-15(22-8-21-14)24(9-23-13)12-6-17(19,20)11(27-12)7-26-16(25)10-4-2-1-3-5-10/h1-5,8-9,11-12H,6-7H2/t11-,12+/m0/s1. The minimum atomic E-state index is -3.19. The number of fused-ring (bicyclic) bond motifs is 1. The molecule has 0 aliphatic carbocycles. The summed E-state index contributed by atoms with van der Waals surface area (Å²) in [6.07, 6.45) is -0.658. The number of ether oxygens (including phenoxy) is 2. The molecule has 2 atom stereocenters. The Morgan fingerprint density at radius 3 is 2.85 bits per heavy atom. The fourth-order valence-electron chi connectivity index (χ4n) is 2.87. The van der Waals surface area contributed by atoms with Crippen molar-refractivity contribution in [2.75, 3.05) is 6.61 Å². The van der Waals surface area contributed by atoms with E-state index < -0.39 is 37.3 Å². The number of hydrogen-bond donors (Lipinski definition) is 0. The average Bonchev–Trinajstić information content (AvgIpc) is 3.22. The summed E-state index contributed by atoms with van der Waals surface area (Å²) in [5, 5.41) is 0.122. The van der Waals surface area contributed by atoms with Crippen LogP contribution in [0.1, 0.15) is 23.0 Å². The van der Waals surface area contributed by atoms with Gasteiger partial charge in [0.2, 0.25) is 0 Å². The van der Waals surface area contributed by atoms with E-state index in [1.807, 2.05) is 0 Å². The molecule has 0 saturated carbocycles. The highest BCUT2D eigenvalue weighted by Crippen LogP contribution is 2.42. The van der Waals surface area contributed by atoms with Crippen LogP contribution in [-0.4, -0.2) is 44.1 Å². The minimum Gasteiger partial charge on any atom is -0.459 e. The molecule has 3 heterocycles. The van der Waals surface area contributed by atoms with Gasteiger partial charge in [-0.05, 0) is 12.1 Å². The monoisotopic (exact) mass is 394 g/mol. The quantitative estimate of drug-likeness (QED) is 0.499. The van der Waals surface area contributed by atoms with Crippen molar-refractivity contribution in [1.82, 2.24) is 19.5 Å². The fraction of sp³-hybridized carbons (Fsp3) is 0.294. The van der Waals surface area contributed by atoms with Crippen molar-refractivity contribution < 1.29 is 23.0 Å². The van der Waals surface area contributed by atoms with Gasteiger partial charge in [-0.3, -0.25) is 4.57 Å². The van der Waals surface area contributed by atoms with Crippen LogP contribution in [0.5, 0.6) is 0 Å². The lowest BCUT2D eigenvalue weighted by Crippen LogP contribution is -2.33. The van der Waals surface area contributed by atoms with E-state index in [2.05, 4.69) is 15.0 Å². The van der Waals surface area contributed by atoms with Crippen LogP contribution in [0, 0.1) is 0 Å². The Labute approximate surface area is 156 Å². The summed E-state index contributed by atoms with van der Waals surface area (Å²) in [5.74, 6) is -3.87. The van der Waals surface area contributed by atoms with Crippen molar-refractivity contribution in [3.05, 3.63) is 53.7 Å². The van der Waals surface area contributed by atoms with Gasteiger partial charge in [-0.1, -0.05) is 29.8 Å². The lowest BCUT2D eigenvalue weighted by atomic mass is 10.1. The van der Waals surface area contributed by atoms with Gasteiger partial charge in [-0.2, -0.15) is 0 Å². The zero-order chi connectivity index (χ0) is 19.0. The third-order valence-corrected chi connectivity index (χ3v) is 4.52. The third kappa shape index (κ3) is 3.35. The van der Waals surface area contributed by atoms with Crippen molar-refractivity contribution in [1.29, 1.82) is 0 Å². The summed E-state index contributed by atoms with van der Waals surface area (Å²) in [7, 11) is 0. The normalized spacial score (nSPS) is 21.4. The van der Waals surface area contributed by atoms with Crippen LogP contribution >= 0.6 is 11.6 Å². The van der Waals surface area contributed by atoms with Crippen LogP contribution in [0.4, 0.5) is 8.78 Å². The van der Waals surface area contributed by atoms with Crippen LogP contribution in [0.15, 0.2) is 43.0 Å². The van der Waals surface area contributed by atoms with Crippen molar-refractivity contribution in [2.45, 2.75) is 24.7 Å². The van der Waals surface area contributed by atoms with E-state index in [1.165, 1.54) is 17.2 Å². The Hall–Kier alpha value is -2.65. The first-order valence-corrected chi connectivity index (χ1v) is 8.42. The topological polar surface area (TPSA) is 79.1 Å². The van der Waals surface area contributed by atoms with Crippen LogP contribution in [0.3, 0.4) is 0 Å². The molecule has 0 bridgehead atoms. The summed E-state index contributed by atoms with van der Waals surface area (Å²) in [5.41, 5.74) is 0.866. The molecule has 140 valence electrons. The first kappa shape index (κ1) is 17.7. The predicted octanol–water partition coefficient (Wildman–Crippen LogP) is 3.26. The number of hydrogen-bond acceptors (Lipinski definition) is 6. The Kier molecular flexibility index (Phi) is 4.48. The molecule has 1 saturated heterocycles. The van der Waals surface area contributed by atoms with E-state index in [0.29, 0.717) is 5.52 Å². The van der Waals surface area contributed by atoms with E-state index in [-0.39, 0.29) is 16.4 Å². The molecule has 0 spiro atoms. The van der Waals surface area contributed by atoms with Gasteiger partial charge in [0.25, 0.3) is 5.92 Å². The van der Waals surface area contributed by atoms with E-state index in [9.17, 15) is 13.6 Å². The molecular weight excluding hydrogens is 382 g/mol. The van der Waals surface area contributed by atoms with Crippen LogP contribution < -0.4 is 0 Å². The molecule has 0 N–H and O–H groups in total. The number of alkyl halides is 2. The third-order valence-electron chi connectivity index (χ3n) is 4.24. The van der Waals surface area contributed by atoms with E-state index >= 15 is 0 Å². The molecule has 27 heavy (non-hydrogen) atoms. The van der Waals surface area contributed by atoms with Crippen molar-refractivity contribution in [3.8, 4) is 0 Å². The second kappa shape index (κ2) is 6.82. The van der Waals surface area contributed by atoms with Crippen LogP contribution in [0.25, 0.3) is 11.2 Å². The molecule has 4 rings (SSSR count). The minimum absolute atomic E-state index is 0.122. The van der Waals surface area contributed by atoms with E-state index in [4.69, 9.17) is 21.1 Å². The van der Waals surface area contributed by atoms with Gasteiger partial charge in [0, 0.05) is 0 Å². The molecule has 2 aromatic heterocycles. The summed E-state index contributed by atoms with van der Waals surface area (Å²) >= 11 is 5.93. The number of imidazole rings is 1. The molecule has 0 amide bonds. The van der Waals surface area contributed by atoms with Crippen molar-refractivity contribution >= 4 is 28.7 Å². The molecule has 0 radical (unpaired) electrons. The van der Waals surface area contributed by atoms with E-state index in [1.54, 1.807) is 30.3 Å². The van der Waals surface area contributed by atoms with Gasteiger partial charge >= 0.3 is 5.97 Å². The van der Waals surface area contributed by atoms with Gasteiger partial charge in [-0.15, -0.1) is 0 Å². The highest BCUT2D eigenvalue weighted by molar-refractivity contribution is 6.33. The molecular formula is C17H13ClF2N4O3. The molecule has 1 fully saturated rings. The number of carbonyl (C=O) groups is 1. The maximum atomic E-state index is 14.4. The number of esters is 1. The van der Waals surface area contributed by atoms with Crippen LogP contribution in [0.2, 0.25) is 5.15 Å². The average molecular weight is 395 g/mol. The van der Waals surface area contributed by atoms with Gasteiger partial charge < -0.3 is 9.47 Å². The second-order valence-corrected chi connectivity index (χ2v) is 6.36. The lowest BCUT2D eigenvalue weighted by Gasteiger charge is -2.17. The Balaban J connectivity index is 1.49. The Bertz CT molecular complexity index is 983. The van der Waals surface area contributed by atoms with E-state index in [0.717, 1.165) is 0 Å². The smallest absolute Gasteiger partial charge is 0.338 e. The molecule has 0 unspecified atom stereocenters. The SMILES string of the molecule is O=C(OC[C@@H]1O[C@@H](n2cnc3c(Cl)ncnc32)CC1(F)F)c1ccccc1. The molecule has 10 heteroatoms. The van der Waals surface area contributed by atoms with Gasteiger partial charge in [0.15, 0.2) is 16.9 Å². The summed E-state index contributed by atoms with van der Waals surface area (Å²) in [4.78, 5) is 23.8. The molecule has 1 aliphatic rings. The first-order valence-electron chi connectivity index (χ1n) is 8.04. The van der Waals surface area contributed by atoms with Crippen LogP contribution in [-0.2, 0) is 9.47 Å². The summed E-state index contributed by atoms with van der Waals surface area (Å²) in [6, 6.07) is 8.13. The summed E-state index contributed by atoms with van der Waals surface area (Å²) < 4.78 is 40.6. The largest absolute Gasteiger partial charge is 0.459 e. The van der Waals surface area contributed by atoms with Gasteiger partial charge in [-0.25, -0.2) is 28.5 Å². The molecule has 7 nitrogen and oxygen atoms in total. The maximum Gasteiger partial charge on any atom is 0.338 e. The van der Waals surface area contributed by atoms with Gasteiger partial charge in [0.05, 0.1) is 18.3 Å². The number of rotatable bonds is 4. The zero-order valence-electron chi connectivity index (χ0n) is 13.8. The Morgan fingerprint density at radius 1 is 1.30 bits per heavy atom. The zero-order valence-corrected chi connectivity index (χ0v) is 14.5. The highest BCUT2D eigenvalue weighted by atomic mass is 35.5. The summed E-state index contributed by atoms with van der Waals surface area (Å²) in [6.45, 7) is -0.570. The Morgan fingerprint density at radius 2 is 2.07 bits per heavy atom. The highest BCUT2D eigenvalue weighted by Gasteiger charge is 2.51. The molecule has 1 aliphatic heterocycles.